The number of hydrogen-bond donors (Lipinski definition) is 1. The average molecular weight is 348 g/mol. The maximum Gasteiger partial charge on any atom is 0.316 e. The Hall–Kier alpha value is -3.48. The molecule has 0 saturated heterocycles. The van der Waals surface area contributed by atoms with E-state index in [0.29, 0.717) is 5.76 Å². The van der Waals surface area contributed by atoms with E-state index in [2.05, 4.69) is 20.4 Å². The van der Waals surface area contributed by atoms with E-state index in [9.17, 15) is 4.79 Å². The van der Waals surface area contributed by atoms with Gasteiger partial charge in [-0.25, -0.2) is 0 Å². The molecule has 0 fully saturated rings. The molecule has 130 valence electrons. The second-order valence-electron chi connectivity index (χ2n) is 5.98. The maximum atomic E-state index is 12.2. The molecule has 0 aliphatic rings. The molecule has 0 aliphatic carbocycles. The lowest BCUT2D eigenvalue weighted by atomic mass is 10.1. The monoisotopic (exact) mass is 348 g/mol. The Kier molecular flexibility index (Phi) is 3.96. The summed E-state index contributed by atoms with van der Waals surface area (Å²) in [4.78, 5) is 20.5. The number of fused-ring (bicyclic) bond motifs is 1. The minimum Gasteiger partial charge on any atom is -0.452 e. The van der Waals surface area contributed by atoms with E-state index >= 15 is 0 Å². The van der Waals surface area contributed by atoms with E-state index in [0.717, 1.165) is 27.8 Å². The van der Waals surface area contributed by atoms with Crippen LogP contribution in [-0.4, -0.2) is 21.0 Å². The van der Waals surface area contributed by atoms with Crippen LogP contribution in [0.25, 0.3) is 22.6 Å². The summed E-state index contributed by atoms with van der Waals surface area (Å²) >= 11 is 0. The van der Waals surface area contributed by atoms with Gasteiger partial charge in [-0.05, 0) is 38.1 Å². The molecular formula is C19H16N4O3. The molecule has 0 spiro atoms. The number of aromatic nitrogens is 3. The largest absolute Gasteiger partial charge is 0.452 e. The molecule has 1 amide bonds. The quantitative estimate of drug-likeness (QED) is 0.607. The summed E-state index contributed by atoms with van der Waals surface area (Å²) in [5.74, 6) is 0.170. The van der Waals surface area contributed by atoms with Crippen molar-refractivity contribution in [3.8, 4) is 11.6 Å². The molecule has 0 saturated carbocycles. The fourth-order valence-corrected chi connectivity index (χ4v) is 2.71. The first-order chi connectivity index (χ1) is 12.6. The normalized spacial score (nSPS) is 11.0. The van der Waals surface area contributed by atoms with Gasteiger partial charge in [0.15, 0.2) is 5.76 Å². The van der Waals surface area contributed by atoms with E-state index in [1.807, 2.05) is 50.2 Å². The molecule has 4 rings (SSSR count). The second kappa shape index (κ2) is 6.44. The van der Waals surface area contributed by atoms with Gasteiger partial charge in [-0.1, -0.05) is 22.9 Å². The number of nitrogens with one attached hydrogen (secondary N) is 1. The number of aryl methyl sites for hydroxylation is 2. The van der Waals surface area contributed by atoms with E-state index in [1.165, 1.54) is 0 Å². The van der Waals surface area contributed by atoms with Crippen molar-refractivity contribution in [2.45, 2.75) is 20.4 Å². The fourth-order valence-electron chi connectivity index (χ4n) is 2.71. The minimum atomic E-state index is -0.459. The van der Waals surface area contributed by atoms with Crippen LogP contribution < -0.4 is 5.32 Å². The highest BCUT2D eigenvalue weighted by molar-refractivity contribution is 5.90. The van der Waals surface area contributed by atoms with Gasteiger partial charge >= 0.3 is 11.8 Å². The van der Waals surface area contributed by atoms with Crippen LogP contribution in [0.15, 0.2) is 51.5 Å². The molecule has 1 aromatic carbocycles. The predicted octanol–water partition coefficient (Wildman–Crippen LogP) is 3.42. The summed E-state index contributed by atoms with van der Waals surface area (Å²) in [7, 11) is 0. The number of amides is 1. The van der Waals surface area contributed by atoms with Crippen LogP contribution in [0, 0.1) is 13.8 Å². The molecule has 0 aliphatic heterocycles. The van der Waals surface area contributed by atoms with Gasteiger partial charge in [0.25, 0.3) is 0 Å². The van der Waals surface area contributed by atoms with Crippen molar-refractivity contribution < 1.29 is 13.7 Å². The summed E-state index contributed by atoms with van der Waals surface area (Å²) in [6, 6.07) is 11.4. The summed E-state index contributed by atoms with van der Waals surface area (Å²) in [6.07, 6.45) is 1.67. The van der Waals surface area contributed by atoms with Gasteiger partial charge in [-0.2, -0.15) is 4.98 Å². The lowest BCUT2D eigenvalue weighted by Gasteiger charge is -2.00. The molecule has 3 aromatic heterocycles. The maximum absolute atomic E-state index is 12.2. The van der Waals surface area contributed by atoms with Gasteiger partial charge < -0.3 is 14.3 Å². The first-order valence-electron chi connectivity index (χ1n) is 8.14. The van der Waals surface area contributed by atoms with Crippen molar-refractivity contribution in [3.05, 3.63) is 65.3 Å². The molecule has 0 atom stereocenters. The smallest absolute Gasteiger partial charge is 0.316 e. The Labute approximate surface area is 149 Å². The number of nitrogens with zero attached hydrogens (tertiary/aromatic N) is 3. The molecule has 0 bridgehead atoms. The lowest BCUT2D eigenvalue weighted by Crippen LogP contribution is -2.23. The van der Waals surface area contributed by atoms with Crippen LogP contribution in [0.5, 0.6) is 0 Å². The highest BCUT2D eigenvalue weighted by atomic mass is 16.5. The highest BCUT2D eigenvalue weighted by Gasteiger charge is 2.21. The van der Waals surface area contributed by atoms with Crippen molar-refractivity contribution in [2.75, 3.05) is 0 Å². The molecular weight excluding hydrogens is 332 g/mol. The Balaban J connectivity index is 1.56. The molecule has 0 radical (unpaired) electrons. The first-order valence-corrected chi connectivity index (χ1v) is 8.14. The van der Waals surface area contributed by atoms with Gasteiger partial charge in [0.05, 0.1) is 12.2 Å². The topological polar surface area (TPSA) is 94.0 Å². The van der Waals surface area contributed by atoms with Gasteiger partial charge in [0.1, 0.15) is 5.58 Å². The number of furan rings is 1. The van der Waals surface area contributed by atoms with Crippen LogP contribution in [0.2, 0.25) is 0 Å². The number of carbonyl (C=O) groups is 1. The summed E-state index contributed by atoms with van der Waals surface area (Å²) < 4.78 is 10.9. The van der Waals surface area contributed by atoms with Crippen molar-refractivity contribution in [1.82, 2.24) is 20.4 Å². The van der Waals surface area contributed by atoms with Crippen LogP contribution >= 0.6 is 0 Å². The third-order valence-corrected chi connectivity index (χ3v) is 4.07. The number of hydrogen-bond acceptors (Lipinski definition) is 6. The van der Waals surface area contributed by atoms with E-state index in [1.54, 1.807) is 6.20 Å². The van der Waals surface area contributed by atoms with Gasteiger partial charge in [0.2, 0.25) is 5.82 Å². The van der Waals surface area contributed by atoms with Gasteiger partial charge in [-0.3, -0.25) is 9.78 Å². The molecule has 7 heteroatoms. The molecule has 26 heavy (non-hydrogen) atoms. The minimum absolute atomic E-state index is 0.119. The summed E-state index contributed by atoms with van der Waals surface area (Å²) in [6.45, 7) is 4.22. The van der Waals surface area contributed by atoms with Crippen molar-refractivity contribution >= 4 is 16.9 Å². The van der Waals surface area contributed by atoms with E-state index in [-0.39, 0.29) is 18.3 Å². The molecule has 4 aromatic rings. The SMILES string of the molecule is Cc1ccc2oc(-c3noc(C(=O)NCc4ccccn4)n3)c(C)c2c1. The summed E-state index contributed by atoms with van der Waals surface area (Å²) in [5.41, 5.74) is 3.53. The first kappa shape index (κ1) is 16.0. The van der Waals surface area contributed by atoms with Crippen molar-refractivity contribution in [2.24, 2.45) is 0 Å². The Morgan fingerprint density at radius 1 is 1.19 bits per heavy atom. The summed E-state index contributed by atoms with van der Waals surface area (Å²) in [5, 5.41) is 7.58. The molecule has 7 nitrogen and oxygen atoms in total. The Bertz CT molecular complexity index is 1080. The van der Waals surface area contributed by atoms with Gasteiger partial charge in [0, 0.05) is 17.1 Å². The van der Waals surface area contributed by atoms with Crippen molar-refractivity contribution in [3.63, 3.8) is 0 Å². The third-order valence-electron chi connectivity index (χ3n) is 4.07. The van der Waals surface area contributed by atoms with Crippen LogP contribution in [0.1, 0.15) is 27.5 Å². The zero-order chi connectivity index (χ0) is 18.1. The number of pyridine rings is 1. The Morgan fingerprint density at radius 2 is 2.08 bits per heavy atom. The molecule has 3 heterocycles. The van der Waals surface area contributed by atoms with Crippen LogP contribution in [-0.2, 0) is 6.54 Å². The number of benzene rings is 1. The fraction of sp³-hybridized carbons (Fsp3) is 0.158. The standard InChI is InChI=1S/C19H16N4O3/c1-11-6-7-15-14(9-11)12(2)16(25-15)17-22-19(26-23-17)18(24)21-10-13-5-3-4-8-20-13/h3-9H,10H2,1-2H3,(H,21,24). The molecule has 0 unspecified atom stereocenters. The molecule has 1 N–H and O–H groups in total. The van der Waals surface area contributed by atoms with Crippen LogP contribution in [0.3, 0.4) is 0 Å². The van der Waals surface area contributed by atoms with Gasteiger partial charge in [-0.15, -0.1) is 0 Å². The van der Waals surface area contributed by atoms with Crippen LogP contribution in [0.4, 0.5) is 0 Å². The predicted molar refractivity (Wildman–Crippen MR) is 94.4 cm³/mol. The average Bonchev–Trinajstić information content (AvgIpc) is 3.26. The van der Waals surface area contributed by atoms with E-state index < -0.39 is 5.91 Å². The zero-order valence-corrected chi connectivity index (χ0v) is 14.3. The van der Waals surface area contributed by atoms with Crippen molar-refractivity contribution in [1.29, 1.82) is 0 Å². The second-order valence-corrected chi connectivity index (χ2v) is 5.98. The zero-order valence-electron chi connectivity index (χ0n) is 14.3. The Morgan fingerprint density at radius 3 is 2.88 bits per heavy atom. The highest BCUT2D eigenvalue weighted by Crippen LogP contribution is 2.31. The third kappa shape index (κ3) is 2.95. The number of rotatable bonds is 4. The number of carbonyl (C=O) groups excluding carboxylic acids is 1. The van der Waals surface area contributed by atoms with E-state index in [4.69, 9.17) is 8.94 Å². The lowest BCUT2D eigenvalue weighted by molar-refractivity contribution is 0.0906.